The molecule has 0 aliphatic carbocycles. The van der Waals surface area contributed by atoms with Gasteiger partial charge in [-0.1, -0.05) is 11.6 Å². The first-order chi connectivity index (χ1) is 8.71. The Bertz CT molecular complexity index is 401. The molecule has 0 saturated carbocycles. The molecule has 4 atom stereocenters. The van der Waals surface area contributed by atoms with E-state index in [1.807, 2.05) is 0 Å². The Labute approximate surface area is 114 Å². The number of alkyl halides is 2. The summed E-state index contributed by atoms with van der Waals surface area (Å²) in [6.07, 6.45) is -2.61. The summed E-state index contributed by atoms with van der Waals surface area (Å²) in [6, 6.07) is 0. The Hall–Kier alpha value is -1.02. The smallest absolute Gasteiger partial charge is 0.256 e. The molecule has 0 unspecified atom stereocenters. The number of allylic oxidation sites excluding steroid dienone is 1. The lowest BCUT2D eigenvalue weighted by atomic mass is 10.1. The molecule has 1 fully saturated rings. The van der Waals surface area contributed by atoms with Crippen molar-refractivity contribution < 1.29 is 28.9 Å². The first kappa shape index (κ1) is 16.0. The molecule has 0 aromatic carbocycles. The second-order valence-electron chi connectivity index (χ2n) is 4.18. The number of hydrogen-bond acceptors (Lipinski definition) is 5. The van der Waals surface area contributed by atoms with Crippen LogP contribution in [0.2, 0.25) is 0 Å². The molecule has 1 aliphatic heterocycles. The lowest BCUT2D eigenvalue weighted by Crippen LogP contribution is -2.48. The fraction of sp³-hybridized carbons (Fsp3) is 0.636. The van der Waals surface area contributed by atoms with Crippen molar-refractivity contribution in [1.82, 2.24) is 4.90 Å². The van der Waals surface area contributed by atoms with Gasteiger partial charge in [0.15, 0.2) is 12.0 Å². The molecule has 1 heterocycles. The molecule has 1 rings (SSSR count). The van der Waals surface area contributed by atoms with Gasteiger partial charge in [-0.05, 0) is 13.0 Å². The average Bonchev–Trinajstić information content (AvgIpc) is 2.52. The summed E-state index contributed by atoms with van der Waals surface area (Å²) in [5.74, 6) is -0.988. The van der Waals surface area contributed by atoms with Crippen LogP contribution >= 0.6 is 11.6 Å². The zero-order valence-corrected chi connectivity index (χ0v) is 11.2. The first-order valence-corrected chi connectivity index (χ1v) is 5.89. The molecule has 2 N–H and O–H groups in total. The Morgan fingerprint density at radius 3 is 2.47 bits per heavy atom. The highest BCUT2D eigenvalue weighted by molar-refractivity contribution is 6.24. The highest BCUT2D eigenvalue weighted by Crippen LogP contribution is 2.40. The molecule has 8 heteroatoms. The van der Waals surface area contributed by atoms with E-state index in [0.29, 0.717) is 0 Å². The number of nitrogens with zero attached hydrogens (tertiary/aromatic N) is 1. The Morgan fingerprint density at radius 1 is 1.53 bits per heavy atom. The van der Waals surface area contributed by atoms with Gasteiger partial charge in [-0.15, -0.1) is 0 Å². The Balaban J connectivity index is 3.03. The molecular weight excluding hydrogens is 281 g/mol. The summed E-state index contributed by atoms with van der Waals surface area (Å²) in [7, 11) is 0. The quantitative estimate of drug-likeness (QED) is 0.559. The standard InChI is InChI=1S/C11H15ClFNO5/c1-6(16)3-4-14(7(2)17)10-11(12,13)9(18)8(5-15)19-10/h3-4,8-10,15,18H,5H2,1-2H3/b4-3-/t8-,9-,10-,11-/m1/s1. The fourth-order valence-corrected chi connectivity index (χ4v) is 1.95. The van der Waals surface area contributed by atoms with E-state index in [4.69, 9.17) is 21.4 Å². The third kappa shape index (κ3) is 3.30. The maximum atomic E-state index is 14.2. The van der Waals surface area contributed by atoms with Gasteiger partial charge >= 0.3 is 0 Å². The highest BCUT2D eigenvalue weighted by atomic mass is 35.5. The second kappa shape index (κ2) is 5.96. The van der Waals surface area contributed by atoms with Gasteiger partial charge in [0.05, 0.1) is 6.61 Å². The van der Waals surface area contributed by atoms with Crippen LogP contribution in [0.15, 0.2) is 12.3 Å². The number of aliphatic hydroxyl groups is 2. The van der Waals surface area contributed by atoms with Crippen LogP contribution in [0.5, 0.6) is 0 Å². The molecule has 6 nitrogen and oxygen atoms in total. The van der Waals surface area contributed by atoms with Crippen LogP contribution in [-0.4, -0.2) is 57.0 Å². The van der Waals surface area contributed by atoms with Crippen LogP contribution in [-0.2, 0) is 14.3 Å². The number of carbonyl (C=O) groups excluding carboxylic acids is 2. The number of rotatable bonds is 4. The van der Waals surface area contributed by atoms with Gasteiger partial charge in [0.2, 0.25) is 5.91 Å². The zero-order chi connectivity index (χ0) is 14.8. The first-order valence-electron chi connectivity index (χ1n) is 5.51. The summed E-state index contributed by atoms with van der Waals surface area (Å²) in [5.41, 5.74) is 0. The van der Waals surface area contributed by atoms with Crippen LogP contribution in [0.4, 0.5) is 4.39 Å². The molecule has 108 valence electrons. The van der Waals surface area contributed by atoms with Crippen LogP contribution in [0.25, 0.3) is 0 Å². The maximum Gasteiger partial charge on any atom is 0.256 e. The van der Waals surface area contributed by atoms with Crippen molar-refractivity contribution in [2.75, 3.05) is 6.61 Å². The predicted octanol–water partition coefficient (Wildman–Crippen LogP) is -0.0797. The summed E-state index contributed by atoms with van der Waals surface area (Å²) < 4.78 is 19.2. The SMILES string of the molecule is CC(=O)/C=C\N(C(C)=O)[C@@H]1O[C@H](CO)[C@@H](O)[C@]1(F)Cl. The van der Waals surface area contributed by atoms with E-state index >= 15 is 0 Å². The highest BCUT2D eigenvalue weighted by Gasteiger charge is 2.58. The Morgan fingerprint density at radius 2 is 2.11 bits per heavy atom. The molecule has 0 bridgehead atoms. The van der Waals surface area contributed by atoms with Gasteiger partial charge in [0.25, 0.3) is 5.13 Å². The topological polar surface area (TPSA) is 87.1 Å². The number of halogens is 2. The molecule has 1 aliphatic rings. The van der Waals surface area contributed by atoms with Crippen molar-refractivity contribution in [3.63, 3.8) is 0 Å². The van der Waals surface area contributed by atoms with Gasteiger partial charge in [0, 0.05) is 13.1 Å². The molecule has 0 aromatic heterocycles. The third-order valence-electron chi connectivity index (χ3n) is 2.65. The summed E-state index contributed by atoms with van der Waals surface area (Å²) in [4.78, 5) is 23.1. The second-order valence-corrected chi connectivity index (χ2v) is 4.76. The predicted molar refractivity (Wildman–Crippen MR) is 63.8 cm³/mol. The summed E-state index contributed by atoms with van der Waals surface area (Å²) >= 11 is 5.55. The van der Waals surface area contributed by atoms with Crippen molar-refractivity contribution in [1.29, 1.82) is 0 Å². The number of aliphatic hydroxyl groups excluding tert-OH is 2. The Kier molecular flexibility index (Phi) is 5.03. The summed E-state index contributed by atoms with van der Waals surface area (Å²) in [5, 5.41) is 15.7. The van der Waals surface area contributed by atoms with Gasteiger partial charge in [0.1, 0.15) is 12.2 Å². The van der Waals surface area contributed by atoms with Crippen LogP contribution < -0.4 is 0 Å². The van der Waals surface area contributed by atoms with Crippen molar-refractivity contribution >= 4 is 23.3 Å². The van der Waals surface area contributed by atoms with Crippen molar-refractivity contribution in [3.8, 4) is 0 Å². The molecule has 1 saturated heterocycles. The number of amides is 1. The van der Waals surface area contributed by atoms with Crippen LogP contribution in [0, 0.1) is 0 Å². The minimum Gasteiger partial charge on any atom is -0.394 e. The van der Waals surface area contributed by atoms with Gasteiger partial charge in [-0.2, -0.15) is 0 Å². The van der Waals surface area contributed by atoms with E-state index in [0.717, 1.165) is 24.1 Å². The minimum atomic E-state index is -2.78. The normalized spacial score (nSPS) is 34.7. The monoisotopic (exact) mass is 295 g/mol. The van der Waals surface area contributed by atoms with Gasteiger partial charge in [-0.25, -0.2) is 4.39 Å². The van der Waals surface area contributed by atoms with Crippen LogP contribution in [0.3, 0.4) is 0 Å². The average molecular weight is 296 g/mol. The van der Waals surface area contributed by atoms with E-state index in [-0.39, 0.29) is 5.78 Å². The van der Waals surface area contributed by atoms with Crippen molar-refractivity contribution in [2.45, 2.75) is 37.4 Å². The molecule has 0 aromatic rings. The number of hydrogen-bond donors (Lipinski definition) is 2. The van der Waals surface area contributed by atoms with E-state index in [1.165, 1.54) is 6.92 Å². The van der Waals surface area contributed by atoms with E-state index in [9.17, 15) is 19.1 Å². The fourth-order valence-electron chi connectivity index (χ4n) is 1.65. The van der Waals surface area contributed by atoms with E-state index < -0.39 is 36.1 Å². The maximum absolute atomic E-state index is 14.2. The van der Waals surface area contributed by atoms with Crippen molar-refractivity contribution in [2.24, 2.45) is 0 Å². The summed E-state index contributed by atoms with van der Waals surface area (Å²) in [6.45, 7) is 1.72. The molecular formula is C11H15ClFNO5. The largest absolute Gasteiger partial charge is 0.394 e. The zero-order valence-electron chi connectivity index (χ0n) is 10.4. The number of ketones is 1. The molecule has 0 spiro atoms. The lowest BCUT2D eigenvalue weighted by Gasteiger charge is -2.29. The van der Waals surface area contributed by atoms with E-state index in [1.54, 1.807) is 0 Å². The van der Waals surface area contributed by atoms with Gasteiger partial charge < -0.3 is 14.9 Å². The molecule has 19 heavy (non-hydrogen) atoms. The minimum absolute atomic E-state index is 0.359. The van der Waals surface area contributed by atoms with Gasteiger partial charge in [-0.3, -0.25) is 14.5 Å². The van der Waals surface area contributed by atoms with E-state index in [2.05, 4.69) is 0 Å². The molecule has 1 amide bonds. The van der Waals surface area contributed by atoms with Crippen molar-refractivity contribution in [3.05, 3.63) is 12.3 Å². The number of carbonyl (C=O) groups is 2. The molecule has 0 radical (unpaired) electrons. The third-order valence-corrected chi connectivity index (χ3v) is 3.06. The number of ether oxygens (including phenoxy) is 1. The lowest BCUT2D eigenvalue weighted by molar-refractivity contribution is -0.142. The van der Waals surface area contributed by atoms with Crippen LogP contribution in [0.1, 0.15) is 13.8 Å².